The highest BCUT2D eigenvalue weighted by Gasteiger charge is 2.20. The fourth-order valence-electron chi connectivity index (χ4n) is 2.70. The fourth-order valence-corrected chi connectivity index (χ4v) is 2.70. The van der Waals surface area contributed by atoms with E-state index in [0.29, 0.717) is 0 Å². The molecule has 0 unspecified atom stereocenters. The summed E-state index contributed by atoms with van der Waals surface area (Å²) >= 11 is 0. The Morgan fingerprint density at radius 1 is 1.25 bits per heavy atom. The van der Waals surface area contributed by atoms with Crippen LogP contribution >= 0.6 is 24.0 Å². The molecule has 1 fully saturated rings. The molecule has 1 aliphatic rings. The first-order valence-corrected chi connectivity index (χ1v) is 8.22. The van der Waals surface area contributed by atoms with E-state index in [-0.39, 0.29) is 24.0 Å². The molecular weight excluding hydrogens is 417 g/mol. The summed E-state index contributed by atoms with van der Waals surface area (Å²) in [6.45, 7) is 3.86. The van der Waals surface area contributed by atoms with Crippen molar-refractivity contribution in [3.63, 3.8) is 0 Å². The Balaban J connectivity index is 0.00000288. The Morgan fingerprint density at radius 3 is 2.42 bits per heavy atom. The number of aryl methyl sites for hydroxylation is 1. The summed E-state index contributed by atoms with van der Waals surface area (Å²) in [5.74, 6) is 3.39. The van der Waals surface area contributed by atoms with Crippen molar-refractivity contribution in [1.29, 1.82) is 0 Å². The molecule has 0 bridgehead atoms. The van der Waals surface area contributed by atoms with E-state index in [9.17, 15) is 0 Å². The van der Waals surface area contributed by atoms with E-state index >= 15 is 0 Å². The summed E-state index contributed by atoms with van der Waals surface area (Å²) in [5, 5.41) is 3.45. The first kappa shape index (κ1) is 20.9. The second-order valence-electron chi connectivity index (χ2n) is 6.20. The number of hydrogen-bond acceptors (Lipinski definition) is 3. The number of rotatable bonds is 7. The number of hydrogen-bond donors (Lipinski definition) is 1. The van der Waals surface area contributed by atoms with Crippen LogP contribution < -0.4 is 14.8 Å². The van der Waals surface area contributed by atoms with Gasteiger partial charge in [0.1, 0.15) is 0 Å². The fraction of sp³-hybridized carbons (Fsp3) is 0.611. The molecule has 1 aliphatic carbocycles. The second kappa shape index (κ2) is 9.96. The van der Waals surface area contributed by atoms with E-state index in [1.807, 2.05) is 19.2 Å². The summed E-state index contributed by atoms with van der Waals surface area (Å²) in [4.78, 5) is 6.52. The number of aliphatic imine (C=N–C) groups is 1. The zero-order chi connectivity index (χ0) is 16.8. The number of ether oxygens (including phenoxy) is 2. The Kier molecular flexibility index (Phi) is 8.66. The molecule has 0 spiro atoms. The first-order chi connectivity index (χ1) is 11.1. The van der Waals surface area contributed by atoms with Crippen molar-refractivity contribution in [2.75, 3.05) is 34.9 Å². The van der Waals surface area contributed by atoms with Gasteiger partial charge >= 0.3 is 0 Å². The quantitative estimate of drug-likeness (QED) is 0.395. The van der Waals surface area contributed by atoms with E-state index in [0.717, 1.165) is 36.5 Å². The number of halogens is 1. The minimum Gasteiger partial charge on any atom is -0.493 e. The number of nitrogens with zero attached hydrogens (tertiary/aromatic N) is 2. The average Bonchev–Trinajstić information content (AvgIpc) is 3.37. The normalized spacial score (nSPS) is 14.0. The lowest BCUT2D eigenvalue weighted by Gasteiger charge is -2.23. The Bertz CT molecular complexity index is 559. The van der Waals surface area contributed by atoms with E-state index in [4.69, 9.17) is 9.47 Å². The van der Waals surface area contributed by atoms with E-state index in [1.54, 1.807) is 14.2 Å². The van der Waals surface area contributed by atoms with Gasteiger partial charge in [0.05, 0.1) is 14.2 Å². The summed E-state index contributed by atoms with van der Waals surface area (Å²) in [7, 11) is 7.22. The molecule has 0 aliphatic heterocycles. The van der Waals surface area contributed by atoms with E-state index < -0.39 is 0 Å². The maximum Gasteiger partial charge on any atom is 0.193 e. The third-order valence-corrected chi connectivity index (χ3v) is 4.36. The summed E-state index contributed by atoms with van der Waals surface area (Å²) in [6, 6.07) is 4.06. The standard InChI is InChI=1S/C18H29N3O2.HI/c1-13-10-16(22-4)17(23-5)11-15(13)12-21(3)18(19-2)20-9-8-14-6-7-14;/h10-11,14H,6-9,12H2,1-5H3,(H,19,20);1H. The molecule has 0 saturated heterocycles. The molecular formula is C18H30IN3O2. The number of methoxy groups -OCH3 is 2. The molecule has 0 radical (unpaired) electrons. The number of nitrogens with one attached hydrogen (secondary N) is 1. The molecule has 24 heavy (non-hydrogen) atoms. The summed E-state index contributed by atoms with van der Waals surface area (Å²) in [5.41, 5.74) is 2.39. The molecule has 1 aromatic rings. The van der Waals surface area contributed by atoms with Crippen LogP contribution in [-0.4, -0.2) is 45.7 Å². The van der Waals surface area contributed by atoms with Crippen LogP contribution in [0.4, 0.5) is 0 Å². The van der Waals surface area contributed by atoms with Gasteiger partial charge in [0.15, 0.2) is 17.5 Å². The largest absolute Gasteiger partial charge is 0.493 e. The van der Waals surface area contributed by atoms with Gasteiger partial charge in [0.25, 0.3) is 0 Å². The second-order valence-corrected chi connectivity index (χ2v) is 6.20. The third kappa shape index (κ3) is 5.72. The minimum atomic E-state index is 0. The van der Waals surface area contributed by atoms with Crippen molar-refractivity contribution in [2.24, 2.45) is 10.9 Å². The van der Waals surface area contributed by atoms with E-state index in [2.05, 4.69) is 29.2 Å². The molecule has 0 atom stereocenters. The topological polar surface area (TPSA) is 46.1 Å². The van der Waals surface area contributed by atoms with Crippen molar-refractivity contribution >= 4 is 29.9 Å². The van der Waals surface area contributed by atoms with Gasteiger partial charge in [0.2, 0.25) is 0 Å². The number of benzene rings is 1. The van der Waals surface area contributed by atoms with Crippen LogP contribution in [0.5, 0.6) is 11.5 Å². The van der Waals surface area contributed by atoms with Crippen molar-refractivity contribution in [1.82, 2.24) is 10.2 Å². The predicted octanol–water partition coefficient (Wildman–Crippen LogP) is 3.44. The molecule has 0 amide bonds. The molecule has 0 heterocycles. The van der Waals surface area contributed by atoms with Gasteiger partial charge in [-0.3, -0.25) is 4.99 Å². The highest BCUT2D eigenvalue weighted by Crippen LogP contribution is 2.32. The van der Waals surface area contributed by atoms with Crippen LogP contribution in [0.1, 0.15) is 30.4 Å². The van der Waals surface area contributed by atoms with Crippen molar-refractivity contribution < 1.29 is 9.47 Å². The van der Waals surface area contributed by atoms with Gasteiger partial charge in [-0.2, -0.15) is 0 Å². The maximum atomic E-state index is 5.41. The highest BCUT2D eigenvalue weighted by atomic mass is 127. The molecule has 1 saturated carbocycles. The van der Waals surface area contributed by atoms with Crippen LogP contribution in [-0.2, 0) is 6.54 Å². The van der Waals surface area contributed by atoms with Crippen LogP contribution in [0.15, 0.2) is 17.1 Å². The first-order valence-electron chi connectivity index (χ1n) is 8.22. The van der Waals surface area contributed by atoms with Gasteiger partial charge < -0.3 is 19.7 Å². The summed E-state index contributed by atoms with van der Waals surface area (Å²) < 4.78 is 10.8. The minimum absolute atomic E-state index is 0. The molecule has 2 rings (SSSR count). The lowest BCUT2D eigenvalue weighted by molar-refractivity contribution is 0.353. The molecule has 0 aromatic heterocycles. The van der Waals surface area contributed by atoms with Crippen molar-refractivity contribution in [3.8, 4) is 11.5 Å². The molecule has 1 aromatic carbocycles. The van der Waals surface area contributed by atoms with Crippen LogP contribution in [0.25, 0.3) is 0 Å². The molecule has 5 nitrogen and oxygen atoms in total. The zero-order valence-corrected chi connectivity index (χ0v) is 17.7. The smallest absolute Gasteiger partial charge is 0.193 e. The van der Waals surface area contributed by atoms with Crippen LogP contribution in [0.2, 0.25) is 0 Å². The van der Waals surface area contributed by atoms with Crippen molar-refractivity contribution in [2.45, 2.75) is 32.7 Å². The van der Waals surface area contributed by atoms with E-state index in [1.165, 1.54) is 30.4 Å². The summed E-state index contributed by atoms with van der Waals surface area (Å²) in [6.07, 6.45) is 4.02. The monoisotopic (exact) mass is 447 g/mol. The Hall–Kier alpha value is -1.18. The van der Waals surface area contributed by atoms with Crippen molar-refractivity contribution in [3.05, 3.63) is 23.3 Å². The molecule has 136 valence electrons. The van der Waals surface area contributed by atoms with Gasteiger partial charge in [-0.1, -0.05) is 12.8 Å². The lowest BCUT2D eigenvalue weighted by atomic mass is 10.1. The number of guanidine groups is 1. The lowest BCUT2D eigenvalue weighted by Crippen LogP contribution is -2.39. The highest BCUT2D eigenvalue weighted by molar-refractivity contribution is 14.0. The molecule has 6 heteroatoms. The Morgan fingerprint density at radius 2 is 1.88 bits per heavy atom. The van der Waals surface area contributed by atoms with Gasteiger partial charge in [0, 0.05) is 27.2 Å². The third-order valence-electron chi connectivity index (χ3n) is 4.36. The van der Waals surface area contributed by atoms with Crippen LogP contribution in [0, 0.1) is 12.8 Å². The molecule has 1 N–H and O–H groups in total. The van der Waals surface area contributed by atoms with Gasteiger partial charge in [-0.05, 0) is 42.5 Å². The zero-order valence-electron chi connectivity index (χ0n) is 15.4. The predicted molar refractivity (Wildman–Crippen MR) is 110 cm³/mol. The maximum absolute atomic E-state index is 5.41. The van der Waals surface area contributed by atoms with Crippen LogP contribution in [0.3, 0.4) is 0 Å². The Labute approximate surface area is 162 Å². The SMILES string of the molecule is CN=C(NCCC1CC1)N(C)Cc1cc(OC)c(OC)cc1C.I. The average molecular weight is 447 g/mol. The van der Waals surface area contributed by atoms with Gasteiger partial charge in [-0.25, -0.2) is 0 Å². The van der Waals surface area contributed by atoms with Gasteiger partial charge in [-0.15, -0.1) is 24.0 Å².